The van der Waals surface area contributed by atoms with Gasteiger partial charge in [-0.05, 0) is 50.2 Å². The van der Waals surface area contributed by atoms with Crippen LogP contribution in [-0.4, -0.2) is 75.4 Å². The number of carbonyl (C=O) groups excluding carboxylic acids is 2. The lowest BCUT2D eigenvalue weighted by Crippen LogP contribution is -2.53. The van der Waals surface area contributed by atoms with E-state index in [0.717, 1.165) is 0 Å². The van der Waals surface area contributed by atoms with Crippen molar-refractivity contribution >= 4 is 27.6 Å². The summed E-state index contributed by atoms with van der Waals surface area (Å²) in [5.41, 5.74) is 0.940. The molecule has 1 saturated heterocycles. The number of rotatable bonds is 8. The maximum atomic E-state index is 13.0. The summed E-state index contributed by atoms with van der Waals surface area (Å²) in [4.78, 5) is 26.5. The molecule has 9 nitrogen and oxygen atoms in total. The standard InChI is InChI=1S/C23H29N3O6S/c1-4-32-23(28)18-8-10-21(11-9-18)33(29,30)26-14-12-25(13-15-26)17(2)22(27)24-19-6-5-7-20(16-19)31-3/h5-11,16-17H,4,12-15H2,1-3H3,(H,24,27)/t17-/m1/s1. The summed E-state index contributed by atoms with van der Waals surface area (Å²) in [5.74, 6) is -0.0139. The molecule has 1 atom stereocenters. The summed E-state index contributed by atoms with van der Waals surface area (Å²) in [6.07, 6.45) is 0. The highest BCUT2D eigenvalue weighted by Gasteiger charge is 2.32. The van der Waals surface area contributed by atoms with Crippen LogP contribution in [0.4, 0.5) is 5.69 Å². The lowest BCUT2D eigenvalue weighted by molar-refractivity contribution is -0.121. The second-order valence-corrected chi connectivity index (χ2v) is 9.52. The van der Waals surface area contributed by atoms with Crippen molar-refractivity contribution in [3.05, 3.63) is 54.1 Å². The molecular formula is C23H29N3O6S. The Morgan fingerprint density at radius 1 is 1.06 bits per heavy atom. The molecule has 0 aliphatic carbocycles. The van der Waals surface area contributed by atoms with Crippen molar-refractivity contribution in [2.75, 3.05) is 45.2 Å². The zero-order valence-electron chi connectivity index (χ0n) is 19.0. The second-order valence-electron chi connectivity index (χ2n) is 7.58. The molecule has 1 N–H and O–H groups in total. The smallest absolute Gasteiger partial charge is 0.338 e. The average molecular weight is 476 g/mol. The number of nitrogens with one attached hydrogen (secondary N) is 1. The van der Waals surface area contributed by atoms with E-state index in [2.05, 4.69) is 5.32 Å². The molecule has 33 heavy (non-hydrogen) atoms. The predicted molar refractivity (Wildman–Crippen MR) is 124 cm³/mol. The van der Waals surface area contributed by atoms with Gasteiger partial charge in [-0.15, -0.1) is 0 Å². The van der Waals surface area contributed by atoms with Gasteiger partial charge >= 0.3 is 5.97 Å². The molecule has 0 unspecified atom stereocenters. The van der Waals surface area contributed by atoms with Gasteiger partial charge < -0.3 is 14.8 Å². The van der Waals surface area contributed by atoms with Crippen molar-refractivity contribution in [3.63, 3.8) is 0 Å². The van der Waals surface area contributed by atoms with Crippen LogP contribution in [0.3, 0.4) is 0 Å². The van der Waals surface area contributed by atoms with Crippen LogP contribution < -0.4 is 10.1 Å². The molecule has 2 aromatic rings. The third-order valence-electron chi connectivity index (χ3n) is 5.54. The highest BCUT2D eigenvalue weighted by Crippen LogP contribution is 2.21. The van der Waals surface area contributed by atoms with E-state index in [4.69, 9.17) is 9.47 Å². The topological polar surface area (TPSA) is 105 Å². The first-order valence-electron chi connectivity index (χ1n) is 10.7. The number of piperazine rings is 1. The summed E-state index contributed by atoms with van der Waals surface area (Å²) < 4.78 is 37.5. The van der Waals surface area contributed by atoms with Crippen LogP contribution in [0.1, 0.15) is 24.2 Å². The minimum absolute atomic E-state index is 0.118. The molecule has 0 spiro atoms. The summed E-state index contributed by atoms with van der Waals surface area (Å²) >= 11 is 0. The van der Waals surface area contributed by atoms with Gasteiger partial charge in [0.2, 0.25) is 15.9 Å². The van der Waals surface area contributed by atoms with Crippen molar-refractivity contribution < 1.29 is 27.5 Å². The Bertz CT molecular complexity index is 1080. The molecule has 0 saturated carbocycles. The zero-order valence-corrected chi connectivity index (χ0v) is 19.8. The Morgan fingerprint density at radius 2 is 1.73 bits per heavy atom. The number of ether oxygens (including phenoxy) is 2. The molecule has 10 heteroatoms. The van der Waals surface area contributed by atoms with Gasteiger partial charge in [0.05, 0.1) is 30.2 Å². The lowest BCUT2D eigenvalue weighted by atomic mass is 10.2. The molecule has 1 amide bonds. The quantitative estimate of drug-likeness (QED) is 0.584. The van der Waals surface area contributed by atoms with Gasteiger partial charge in [0.1, 0.15) is 5.75 Å². The van der Waals surface area contributed by atoms with Gasteiger partial charge in [0.15, 0.2) is 0 Å². The summed E-state index contributed by atoms with van der Waals surface area (Å²) in [6, 6.07) is 12.4. The predicted octanol–water partition coefficient (Wildman–Crippen LogP) is 2.21. The molecule has 178 valence electrons. The van der Waals surface area contributed by atoms with Crippen molar-refractivity contribution in [1.82, 2.24) is 9.21 Å². The van der Waals surface area contributed by atoms with E-state index < -0.39 is 22.0 Å². The van der Waals surface area contributed by atoms with Crippen molar-refractivity contribution in [3.8, 4) is 5.75 Å². The largest absolute Gasteiger partial charge is 0.497 e. The third kappa shape index (κ3) is 5.89. The molecule has 1 aliphatic rings. The first kappa shape index (κ1) is 24.7. The van der Waals surface area contributed by atoms with Gasteiger partial charge in [-0.1, -0.05) is 6.07 Å². The second kappa shape index (κ2) is 10.8. The number of methoxy groups -OCH3 is 1. The molecule has 3 rings (SSSR count). The van der Waals surface area contributed by atoms with E-state index in [0.29, 0.717) is 30.1 Å². The van der Waals surface area contributed by atoms with E-state index in [1.807, 2.05) is 4.90 Å². The molecule has 1 fully saturated rings. The third-order valence-corrected chi connectivity index (χ3v) is 7.45. The van der Waals surface area contributed by atoms with Crippen LogP contribution in [0.5, 0.6) is 5.75 Å². The van der Waals surface area contributed by atoms with Crippen LogP contribution in [0, 0.1) is 0 Å². The lowest BCUT2D eigenvalue weighted by Gasteiger charge is -2.36. The zero-order chi connectivity index (χ0) is 24.0. The maximum absolute atomic E-state index is 13.0. The van der Waals surface area contributed by atoms with Crippen LogP contribution in [-0.2, 0) is 19.6 Å². The van der Waals surface area contributed by atoms with Gasteiger partial charge in [0.25, 0.3) is 0 Å². The molecule has 1 heterocycles. The number of hydrogen-bond acceptors (Lipinski definition) is 7. The Kier molecular flexibility index (Phi) is 8.06. The van der Waals surface area contributed by atoms with Crippen LogP contribution in [0.25, 0.3) is 0 Å². The fraction of sp³-hybridized carbons (Fsp3) is 0.391. The number of anilines is 1. The SMILES string of the molecule is CCOC(=O)c1ccc(S(=O)(=O)N2CCN([C@H](C)C(=O)Nc3cccc(OC)c3)CC2)cc1. The minimum Gasteiger partial charge on any atom is -0.497 e. The number of carbonyl (C=O) groups is 2. The van der Waals surface area contributed by atoms with Gasteiger partial charge in [-0.2, -0.15) is 4.31 Å². The highest BCUT2D eigenvalue weighted by atomic mass is 32.2. The van der Waals surface area contributed by atoms with Crippen LogP contribution in [0.2, 0.25) is 0 Å². The first-order valence-corrected chi connectivity index (χ1v) is 12.2. The van der Waals surface area contributed by atoms with E-state index in [9.17, 15) is 18.0 Å². The van der Waals surface area contributed by atoms with E-state index >= 15 is 0 Å². The van der Waals surface area contributed by atoms with Crippen molar-refractivity contribution in [2.24, 2.45) is 0 Å². The fourth-order valence-electron chi connectivity index (χ4n) is 3.57. The van der Waals surface area contributed by atoms with Gasteiger partial charge in [-0.3, -0.25) is 9.69 Å². The molecule has 1 aliphatic heterocycles. The maximum Gasteiger partial charge on any atom is 0.338 e. The molecule has 0 bridgehead atoms. The van der Waals surface area contributed by atoms with E-state index in [-0.39, 0.29) is 30.5 Å². The fourth-order valence-corrected chi connectivity index (χ4v) is 4.99. The normalized spacial score (nSPS) is 16.1. The Hall–Kier alpha value is -2.95. The highest BCUT2D eigenvalue weighted by molar-refractivity contribution is 7.89. The summed E-state index contributed by atoms with van der Waals surface area (Å²) in [7, 11) is -2.14. The molecule has 0 radical (unpaired) electrons. The number of sulfonamides is 1. The number of amides is 1. The first-order chi connectivity index (χ1) is 15.8. The number of esters is 1. The Labute approximate surface area is 194 Å². The van der Waals surface area contributed by atoms with Crippen LogP contribution >= 0.6 is 0 Å². The Morgan fingerprint density at radius 3 is 2.33 bits per heavy atom. The van der Waals surface area contributed by atoms with E-state index in [1.54, 1.807) is 45.2 Å². The Balaban J connectivity index is 1.58. The van der Waals surface area contributed by atoms with Gasteiger partial charge in [-0.25, -0.2) is 13.2 Å². The molecule has 2 aromatic carbocycles. The van der Waals surface area contributed by atoms with E-state index in [1.165, 1.54) is 28.6 Å². The number of benzene rings is 2. The van der Waals surface area contributed by atoms with Crippen molar-refractivity contribution in [2.45, 2.75) is 24.8 Å². The molecular weight excluding hydrogens is 446 g/mol. The average Bonchev–Trinajstić information content (AvgIpc) is 2.84. The number of nitrogens with zero attached hydrogens (tertiary/aromatic N) is 2. The monoisotopic (exact) mass is 475 g/mol. The summed E-state index contributed by atoms with van der Waals surface area (Å²) in [6.45, 7) is 5.13. The van der Waals surface area contributed by atoms with Crippen molar-refractivity contribution in [1.29, 1.82) is 0 Å². The number of hydrogen-bond donors (Lipinski definition) is 1. The van der Waals surface area contributed by atoms with Crippen LogP contribution in [0.15, 0.2) is 53.4 Å². The molecule has 0 aromatic heterocycles. The van der Waals surface area contributed by atoms with Gasteiger partial charge in [0, 0.05) is 37.9 Å². The summed E-state index contributed by atoms with van der Waals surface area (Å²) in [5, 5.41) is 2.87. The minimum atomic E-state index is -3.70.